The van der Waals surface area contributed by atoms with E-state index in [-0.39, 0.29) is 0 Å². The maximum absolute atomic E-state index is 3.03. The summed E-state index contributed by atoms with van der Waals surface area (Å²) in [6.07, 6.45) is 3.96. The number of hydrogen-bond acceptors (Lipinski definition) is 2. The van der Waals surface area contributed by atoms with Gasteiger partial charge in [-0.05, 0) is 34.3 Å². The normalized spacial score (nSPS) is 10.8. The van der Waals surface area contributed by atoms with E-state index in [1.165, 1.54) is 0 Å². The zero-order valence-corrected chi connectivity index (χ0v) is 8.46. The number of hydrogen-bond donors (Lipinski definition) is 0. The molecule has 0 bridgehead atoms. The molecule has 0 saturated heterocycles. The van der Waals surface area contributed by atoms with Crippen molar-refractivity contribution < 1.29 is 0 Å². The summed E-state index contributed by atoms with van der Waals surface area (Å²) in [6, 6.07) is 0. The van der Waals surface area contributed by atoms with Crippen LogP contribution in [0.2, 0.25) is 0 Å². The van der Waals surface area contributed by atoms with Gasteiger partial charge < -0.3 is 4.90 Å². The van der Waals surface area contributed by atoms with Gasteiger partial charge in [0.15, 0.2) is 0 Å². The van der Waals surface area contributed by atoms with Gasteiger partial charge >= 0.3 is 0 Å². The fraction of sp³-hybridized carbons (Fsp3) is 0.600. The Labute approximate surface area is 75.9 Å². The highest BCUT2D eigenvalue weighted by molar-refractivity contribution is 5.16. The topological polar surface area (TPSA) is 6.48 Å². The zero-order valence-electron chi connectivity index (χ0n) is 8.46. The van der Waals surface area contributed by atoms with E-state index >= 15 is 0 Å². The number of nitrogens with zero attached hydrogens (tertiary/aromatic N) is 2. The van der Waals surface area contributed by atoms with Crippen LogP contribution in [0.5, 0.6) is 0 Å². The highest BCUT2D eigenvalue weighted by atomic mass is 15.0. The molecule has 0 aromatic heterocycles. The Bertz CT molecular complexity index is 182. The van der Waals surface area contributed by atoms with E-state index in [1.54, 1.807) is 0 Å². The summed E-state index contributed by atoms with van der Waals surface area (Å²) in [4.78, 5) is 4.15. The summed E-state index contributed by atoms with van der Waals surface area (Å²) in [6.45, 7) is 1.78. The van der Waals surface area contributed by atoms with Crippen molar-refractivity contribution in [3.05, 3.63) is 12.2 Å². The minimum atomic E-state index is 0.826. The minimum absolute atomic E-state index is 0.826. The molecule has 0 aliphatic carbocycles. The van der Waals surface area contributed by atoms with Crippen molar-refractivity contribution in [3.63, 3.8) is 0 Å². The second-order valence-electron chi connectivity index (χ2n) is 3.22. The van der Waals surface area contributed by atoms with E-state index in [9.17, 15) is 0 Å². The maximum Gasteiger partial charge on any atom is 0.0600 e. The van der Waals surface area contributed by atoms with Gasteiger partial charge in [-0.1, -0.05) is 17.9 Å². The molecule has 0 aliphatic heterocycles. The third-order valence-corrected chi connectivity index (χ3v) is 1.17. The first-order valence-electron chi connectivity index (χ1n) is 4.06. The van der Waals surface area contributed by atoms with Gasteiger partial charge in [0.2, 0.25) is 0 Å². The van der Waals surface area contributed by atoms with Crippen molar-refractivity contribution in [2.24, 2.45) is 0 Å². The minimum Gasteiger partial charge on any atom is -0.306 e. The molecule has 0 atom stereocenters. The van der Waals surface area contributed by atoms with Crippen molar-refractivity contribution in [1.82, 2.24) is 9.80 Å². The van der Waals surface area contributed by atoms with E-state index < -0.39 is 0 Å². The molecular formula is C10H18N2. The summed E-state index contributed by atoms with van der Waals surface area (Å²) in [5.41, 5.74) is 0. The molecule has 0 unspecified atom stereocenters. The lowest BCUT2D eigenvalue weighted by atomic mass is 10.4. The van der Waals surface area contributed by atoms with Crippen LogP contribution in [-0.4, -0.2) is 51.1 Å². The van der Waals surface area contributed by atoms with Crippen LogP contribution >= 0.6 is 0 Å². The largest absolute Gasteiger partial charge is 0.306 e. The van der Waals surface area contributed by atoms with Gasteiger partial charge in [-0.15, -0.1) is 0 Å². The van der Waals surface area contributed by atoms with Crippen LogP contribution in [0.4, 0.5) is 0 Å². The van der Waals surface area contributed by atoms with Crippen LogP contribution in [0.25, 0.3) is 0 Å². The van der Waals surface area contributed by atoms with Crippen molar-refractivity contribution in [1.29, 1.82) is 0 Å². The lowest BCUT2D eigenvalue weighted by molar-refractivity contribution is 0.456. The van der Waals surface area contributed by atoms with Gasteiger partial charge in [0.25, 0.3) is 0 Å². The molecule has 0 N–H and O–H groups in total. The first kappa shape index (κ1) is 11.2. The smallest absolute Gasteiger partial charge is 0.0600 e. The Morgan fingerprint density at radius 3 is 2.25 bits per heavy atom. The molecule has 2 heteroatoms. The number of rotatable bonds is 3. The molecule has 0 rings (SSSR count). The van der Waals surface area contributed by atoms with E-state index in [0.29, 0.717) is 0 Å². The average Bonchev–Trinajstić information content (AvgIpc) is 1.95. The second-order valence-corrected chi connectivity index (χ2v) is 3.22. The van der Waals surface area contributed by atoms with Gasteiger partial charge in [-0.25, -0.2) is 0 Å². The Morgan fingerprint density at radius 1 is 1.08 bits per heavy atom. The predicted octanol–water partition coefficient (Wildman–Crippen LogP) is 0.669. The molecule has 0 spiro atoms. The Morgan fingerprint density at radius 2 is 1.75 bits per heavy atom. The Kier molecular flexibility index (Phi) is 6.45. The zero-order chi connectivity index (χ0) is 9.40. The standard InChI is InChI=1S/C10H18N2/c1-11(2)9-7-5-6-8-10-12(3)4/h5,7H,9-10H2,1-4H3/b7-5+. The molecule has 0 amide bonds. The molecule has 68 valence electrons. The quantitative estimate of drug-likeness (QED) is 0.569. The van der Waals surface area contributed by atoms with Crippen molar-refractivity contribution in [3.8, 4) is 11.8 Å². The predicted molar refractivity (Wildman–Crippen MR) is 54.0 cm³/mol. The van der Waals surface area contributed by atoms with Gasteiger partial charge in [-0.3, -0.25) is 4.90 Å². The van der Waals surface area contributed by atoms with Crippen molar-refractivity contribution >= 4 is 0 Å². The van der Waals surface area contributed by atoms with Crippen LogP contribution in [-0.2, 0) is 0 Å². The summed E-state index contributed by atoms with van der Waals surface area (Å²) in [5, 5.41) is 0. The number of allylic oxidation sites excluding steroid dienone is 1. The average molecular weight is 166 g/mol. The third kappa shape index (κ3) is 9.22. The van der Waals surface area contributed by atoms with Crippen LogP contribution in [0.3, 0.4) is 0 Å². The molecule has 0 fully saturated rings. The maximum atomic E-state index is 3.03. The van der Waals surface area contributed by atoms with E-state index in [1.807, 2.05) is 39.2 Å². The van der Waals surface area contributed by atoms with E-state index in [0.717, 1.165) is 13.1 Å². The highest BCUT2D eigenvalue weighted by Gasteiger charge is 1.80. The van der Waals surface area contributed by atoms with E-state index in [2.05, 4.69) is 22.8 Å². The van der Waals surface area contributed by atoms with Gasteiger partial charge in [0.1, 0.15) is 0 Å². The lowest BCUT2D eigenvalue weighted by Crippen LogP contribution is -2.11. The molecular weight excluding hydrogens is 148 g/mol. The van der Waals surface area contributed by atoms with E-state index in [4.69, 9.17) is 0 Å². The summed E-state index contributed by atoms with van der Waals surface area (Å²) in [7, 11) is 8.10. The Hall–Kier alpha value is -0.780. The first-order valence-corrected chi connectivity index (χ1v) is 4.06. The molecule has 12 heavy (non-hydrogen) atoms. The summed E-state index contributed by atoms with van der Waals surface area (Å²) >= 11 is 0. The van der Waals surface area contributed by atoms with Gasteiger partial charge in [-0.2, -0.15) is 0 Å². The molecule has 0 radical (unpaired) electrons. The van der Waals surface area contributed by atoms with Crippen LogP contribution < -0.4 is 0 Å². The molecule has 0 aromatic rings. The Balaban J connectivity index is 3.49. The first-order chi connectivity index (χ1) is 5.63. The summed E-state index contributed by atoms with van der Waals surface area (Å²) in [5.74, 6) is 6.00. The monoisotopic (exact) mass is 166 g/mol. The summed E-state index contributed by atoms with van der Waals surface area (Å²) < 4.78 is 0. The van der Waals surface area contributed by atoms with Crippen LogP contribution in [0, 0.1) is 11.8 Å². The molecule has 0 aliphatic rings. The van der Waals surface area contributed by atoms with Crippen LogP contribution in [0.1, 0.15) is 0 Å². The highest BCUT2D eigenvalue weighted by Crippen LogP contribution is 1.76. The van der Waals surface area contributed by atoms with Gasteiger partial charge in [0, 0.05) is 6.54 Å². The number of likely N-dealkylation sites (N-methyl/N-ethyl adjacent to an activating group) is 1. The lowest BCUT2D eigenvalue weighted by Gasteiger charge is -2.02. The fourth-order valence-corrected chi connectivity index (χ4v) is 0.585. The van der Waals surface area contributed by atoms with Gasteiger partial charge in [0.05, 0.1) is 6.54 Å². The molecule has 0 saturated carbocycles. The molecule has 0 heterocycles. The van der Waals surface area contributed by atoms with Crippen LogP contribution in [0.15, 0.2) is 12.2 Å². The second kappa shape index (κ2) is 6.90. The third-order valence-electron chi connectivity index (χ3n) is 1.17. The SMILES string of the molecule is CN(C)CC#C/C=C/CN(C)C. The van der Waals surface area contributed by atoms with Crippen molar-refractivity contribution in [2.75, 3.05) is 41.3 Å². The molecule has 0 aromatic carbocycles. The van der Waals surface area contributed by atoms with Crippen molar-refractivity contribution in [2.45, 2.75) is 0 Å². The molecule has 2 nitrogen and oxygen atoms in total. The fourth-order valence-electron chi connectivity index (χ4n) is 0.585.